The molecule has 7 nitrogen and oxygen atoms in total. The molecule has 0 bridgehead atoms. The predicted molar refractivity (Wildman–Crippen MR) is 64.5 cm³/mol. The number of nitriles is 1. The summed E-state index contributed by atoms with van der Waals surface area (Å²) < 4.78 is 1.46. The quantitative estimate of drug-likeness (QED) is 0.797. The van der Waals surface area contributed by atoms with E-state index in [1.54, 1.807) is 7.05 Å². The Balaban J connectivity index is 2.20. The lowest BCUT2D eigenvalue weighted by atomic mass is 10.2. The van der Waals surface area contributed by atoms with E-state index in [9.17, 15) is 4.79 Å². The molecule has 7 heteroatoms. The molecule has 0 radical (unpaired) electrons. The van der Waals surface area contributed by atoms with Crippen LogP contribution in [0.3, 0.4) is 0 Å². The molecule has 2 aromatic rings. The molecule has 2 heterocycles. The molecular weight excluding hydrogens is 232 g/mol. The zero-order chi connectivity index (χ0) is 13.1. The van der Waals surface area contributed by atoms with E-state index in [2.05, 4.69) is 15.4 Å². The van der Waals surface area contributed by atoms with E-state index >= 15 is 0 Å². The second-order valence-corrected chi connectivity index (χ2v) is 3.57. The number of aryl methyl sites for hydroxylation is 1. The second kappa shape index (κ2) is 4.55. The van der Waals surface area contributed by atoms with Gasteiger partial charge >= 0.3 is 0 Å². The molecule has 0 aliphatic rings. The van der Waals surface area contributed by atoms with Crippen molar-refractivity contribution in [1.82, 2.24) is 14.8 Å². The van der Waals surface area contributed by atoms with Crippen LogP contribution in [0.5, 0.6) is 0 Å². The first-order chi connectivity index (χ1) is 8.61. The number of amides is 1. The smallest absolute Gasteiger partial charge is 0.275 e. The molecule has 0 aliphatic carbocycles. The summed E-state index contributed by atoms with van der Waals surface area (Å²) in [6.07, 6.45) is 2.78. The molecule has 0 saturated carbocycles. The van der Waals surface area contributed by atoms with Crippen LogP contribution in [0.2, 0.25) is 0 Å². The van der Waals surface area contributed by atoms with Gasteiger partial charge in [-0.2, -0.15) is 10.4 Å². The third-order valence-corrected chi connectivity index (χ3v) is 2.32. The fourth-order valence-corrected chi connectivity index (χ4v) is 1.37. The van der Waals surface area contributed by atoms with Gasteiger partial charge in [0, 0.05) is 13.2 Å². The van der Waals surface area contributed by atoms with Crippen LogP contribution < -0.4 is 11.1 Å². The van der Waals surface area contributed by atoms with Gasteiger partial charge in [0.2, 0.25) is 0 Å². The summed E-state index contributed by atoms with van der Waals surface area (Å²) in [5.74, 6) is 0.000879. The Bertz CT molecular complexity index is 602. The molecule has 3 N–H and O–H groups in total. The van der Waals surface area contributed by atoms with Crippen LogP contribution in [-0.4, -0.2) is 20.7 Å². The monoisotopic (exact) mass is 242 g/mol. The highest BCUT2D eigenvalue weighted by Crippen LogP contribution is 2.16. The van der Waals surface area contributed by atoms with E-state index in [0.29, 0.717) is 17.1 Å². The Morgan fingerprint density at radius 3 is 2.78 bits per heavy atom. The summed E-state index contributed by atoms with van der Waals surface area (Å²) in [4.78, 5) is 15.7. The minimum Gasteiger partial charge on any atom is -0.394 e. The highest BCUT2D eigenvalue weighted by Gasteiger charge is 2.12. The number of carbonyl (C=O) groups excluding carboxylic acids is 1. The SMILES string of the molecule is Cn1ncc(N)c1NC(=O)c1ccc(C#N)cn1. The number of rotatable bonds is 2. The maximum absolute atomic E-state index is 11.9. The zero-order valence-corrected chi connectivity index (χ0v) is 9.58. The molecular formula is C11H10N6O. The summed E-state index contributed by atoms with van der Waals surface area (Å²) in [6.45, 7) is 0. The van der Waals surface area contributed by atoms with Crippen molar-refractivity contribution in [3.8, 4) is 6.07 Å². The Morgan fingerprint density at radius 1 is 1.50 bits per heavy atom. The molecule has 0 fully saturated rings. The number of hydrogen-bond donors (Lipinski definition) is 2. The van der Waals surface area contributed by atoms with E-state index in [4.69, 9.17) is 11.0 Å². The molecule has 1 amide bonds. The van der Waals surface area contributed by atoms with Crippen molar-refractivity contribution in [3.05, 3.63) is 35.8 Å². The van der Waals surface area contributed by atoms with Crippen LogP contribution in [0.1, 0.15) is 16.1 Å². The first kappa shape index (κ1) is 11.6. The van der Waals surface area contributed by atoms with Gasteiger partial charge in [0.1, 0.15) is 11.8 Å². The van der Waals surface area contributed by atoms with E-state index in [1.165, 1.54) is 29.2 Å². The lowest BCUT2D eigenvalue weighted by molar-refractivity contribution is 0.102. The summed E-state index contributed by atoms with van der Waals surface area (Å²) in [6, 6.07) is 4.92. The Morgan fingerprint density at radius 2 is 2.28 bits per heavy atom. The van der Waals surface area contributed by atoms with Crippen molar-refractivity contribution < 1.29 is 4.79 Å². The van der Waals surface area contributed by atoms with Gasteiger partial charge in [0.25, 0.3) is 5.91 Å². The molecule has 0 saturated heterocycles. The molecule has 0 spiro atoms. The van der Waals surface area contributed by atoms with Crippen LogP contribution >= 0.6 is 0 Å². The Kier molecular flexibility index (Phi) is 2.93. The third kappa shape index (κ3) is 2.12. The van der Waals surface area contributed by atoms with E-state index in [-0.39, 0.29) is 5.69 Å². The highest BCUT2D eigenvalue weighted by atomic mass is 16.2. The number of hydrogen-bond acceptors (Lipinski definition) is 5. The first-order valence-corrected chi connectivity index (χ1v) is 5.07. The number of nitrogens with zero attached hydrogens (tertiary/aromatic N) is 4. The number of nitrogens with two attached hydrogens (primary N) is 1. The Labute approximate surface area is 103 Å². The average molecular weight is 242 g/mol. The van der Waals surface area contributed by atoms with Crippen LogP contribution in [0.15, 0.2) is 24.5 Å². The largest absolute Gasteiger partial charge is 0.394 e. The van der Waals surface area contributed by atoms with Crippen LogP contribution in [0.4, 0.5) is 11.5 Å². The molecule has 90 valence electrons. The van der Waals surface area contributed by atoms with Gasteiger partial charge in [-0.25, -0.2) is 4.98 Å². The number of carbonyl (C=O) groups is 1. The fourth-order valence-electron chi connectivity index (χ4n) is 1.37. The lowest BCUT2D eigenvalue weighted by Gasteiger charge is -2.05. The number of anilines is 2. The predicted octanol–water partition coefficient (Wildman–Crippen LogP) is 0.521. The molecule has 0 unspecified atom stereocenters. The van der Waals surface area contributed by atoms with Gasteiger partial charge in [-0.05, 0) is 12.1 Å². The molecule has 0 atom stereocenters. The highest BCUT2D eigenvalue weighted by molar-refractivity contribution is 6.03. The molecule has 2 aromatic heterocycles. The second-order valence-electron chi connectivity index (χ2n) is 3.57. The molecule has 2 rings (SSSR count). The summed E-state index contributed by atoms with van der Waals surface area (Å²) in [7, 11) is 1.66. The van der Waals surface area contributed by atoms with Gasteiger partial charge in [-0.3, -0.25) is 9.48 Å². The minimum absolute atomic E-state index is 0.203. The topological polar surface area (TPSA) is 110 Å². The normalized spacial score (nSPS) is 9.78. The van der Waals surface area contributed by atoms with Crippen molar-refractivity contribution in [2.24, 2.45) is 7.05 Å². The molecule has 18 heavy (non-hydrogen) atoms. The van der Waals surface area contributed by atoms with Crippen molar-refractivity contribution in [2.45, 2.75) is 0 Å². The van der Waals surface area contributed by atoms with Crippen LogP contribution in [0, 0.1) is 11.3 Å². The van der Waals surface area contributed by atoms with Crippen molar-refractivity contribution in [1.29, 1.82) is 5.26 Å². The third-order valence-electron chi connectivity index (χ3n) is 2.32. The first-order valence-electron chi connectivity index (χ1n) is 5.07. The van der Waals surface area contributed by atoms with Gasteiger partial charge in [-0.15, -0.1) is 0 Å². The number of nitrogen functional groups attached to an aromatic ring is 1. The van der Waals surface area contributed by atoms with Crippen LogP contribution in [0.25, 0.3) is 0 Å². The number of nitrogens with one attached hydrogen (secondary N) is 1. The van der Waals surface area contributed by atoms with E-state index in [1.807, 2.05) is 6.07 Å². The fraction of sp³-hybridized carbons (Fsp3) is 0.0909. The van der Waals surface area contributed by atoms with Crippen molar-refractivity contribution in [2.75, 3.05) is 11.1 Å². The van der Waals surface area contributed by atoms with Crippen molar-refractivity contribution >= 4 is 17.4 Å². The standard InChI is InChI=1S/C11H10N6O/c1-17-10(8(13)6-15-17)16-11(18)9-3-2-7(4-12)5-14-9/h2-3,5-6H,13H2,1H3,(H,16,18). The minimum atomic E-state index is -0.408. The van der Waals surface area contributed by atoms with Gasteiger partial charge in [0.05, 0.1) is 17.4 Å². The number of aromatic nitrogens is 3. The van der Waals surface area contributed by atoms with Gasteiger partial charge < -0.3 is 11.1 Å². The van der Waals surface area contributed by atoms with E-state index < -0.39 is 5.91 Å². The van der Waals surface area contributed by atoms with Crippen molar-refractivity contribution in [3.63, 3.8) is 0 Å². The Hall–Kier alpha value is -2.88. The maximum Gasteiger partial charge on any atom is 0.275 e. The summed E-state index contributed by atoms with van der Waals surface area (Å²) in [5.41, 5.74) is 6.62. The zero-order valence-electron chi connectivity index (χ0n) is 9.58. The average Bonchev–Trinajstić information content (AvgIpc) is 2.70. The summed E-state index contributed by atoms with van der Waals surface area (Å²) >= 11 is 0. The van der Waals surface area contributed by atoms with Gasteiger partial charge in [-0.1, -0.05) is 0 Å². The molecule has 0 aromatic carbocycles. The van der Waals surface area contributed by atoms with Gasteiger partial charge in [0.15, 0.2) is 5.82 Å². The summed E-state index contributed by atoms with van der Waals surface area (Å²) in [5, 5.41) is 15.1. The lowest BCUT2D eigenvalue weighted by Crippen LogP contribution is -2.16. The molecule has 0 aliphatic heterocycles. The maximum atomic E-state index is 11.9. The van der Waals surface area contributed by atoms with Crippen LogP contribution in [-0.2, 0) is 7.05 Å². The van der Waals surface area contributed by atoms with E-state index in [0.717, 1.165) is 0 Å². The number of pyridine rings is 1.